The average Bonchev–Trinajstić information content (AvgIpc) is 2.57. The molecule has 0 atom stereocenters. The first-order valence-corrected chi connectivity index (χ1v) is 8.99. The van der Waals surface area contributed by atoms with Crippen LogP contribution in [-0.4, -0.2) is 49.2 Å². The molecule has 1 amide bonds. The molecule has 1 aliphatic rings. The number of hydrogen-bond acceptors (Lipinski definition) is 4. The minimum atomic E-state index is -0.0398. The second kappa shape index (κ2) is 8.92. The fourth-order valence-corrected chi connectivity index (χ4v) is 3.02. The second-order valence-corrected chi connectivity index (χ2v) is 6.40. The fraction of sp³-hybridized carbons (Fsp3) is 0.632. The summed E-state index contributed by atoms with van der Waals surface area (Å²) in [7, 11) is 0. The lowest BCUT2D eigenvalue weighted by molar-refractivity contribution is 0.0900. The minimum absolute atomic E-state index is 0.0398. The molecule has 1 fully saturated rings. The van der Waals surface area contributed by atoms with Gasteiger partial charge in [-0.05, 0) is 58.7 Å². The zero-order valence-corrected chi connectivity index (χ0v) is 15.3. The molecule has 5 nitrogen and oxygen atoms in total. The molecule has 1 aromatic carbocycles. The van der Waals surface area contributed by atoms with E-state index in [2.05, 4.69) is 24.1 Å². The number of carbonyl (C=O) groups is 1. The summed E-state index contributed by atoms with van der Waals surface area (Å²) >= 11 is 0. The summed E-state index contributed by atoms with van der Waals surface area (Å²) in [6.45, 7) is 11.5. The Kier molecular flexibility index (Phi) is 6.91. The van der Waals surface area contributed by atoms with Crippen molar-refractivity contribution >= 4 is 5.91 Å². The molecule has 134 valence electrons. The summed E-state index contributed by atoms with van der Waals surface area (Å²) in [5, 5.41) is 3.15. The van der Waals surface area contributed by atoms with Crippen LogP contribution in [0.3, 0.4) is 0 Å². The van der Waals surface area contributed by atoms with E-state index in [9.17, 15) is 4.79 Å². The third kappa shape index (κ3) is 4.87. The van der Waals surface area contributed by atoms with Crippen molar-refractivity contribution in [2.75, 3.05) is 26.3 Å². The van der Waals surface area contributed by atoms with Gasteiger partial charge in [-0.1, -0.05) is 0 Å². The first-order valence-electron chi connectivity index (χ1n) is 8.99. The van der Waals surface area contributed by atoms with Crippen molar-refractivity contribution in [2.45, 2.75) is 52.6 Å². The van der Waals surface area contributed by atoms with Gasteiger partial charge in [-0.3, -0.25) is 4.79 Å². The number of nitrogens with zero attached hydrogens (tertiary/aromatic N) is 1. The Morgan fingerprint density at radius 1 is 1.17 bits per heavy atom. The molecule has 0 radical (unpaired) electrons. The lowest BCUT2D eigenvalue weighted by atomic mass is 10.0. The zero-order valence-electron chi connectivity index (χ0n) is 15.3. The van der Waals surface area contributed by atoms with Gasteiger partial charge in [-0.25, -0.2) is 0 Å². The fourth-order valence-electron chi connectivity index (χ4n) is 3.02. The predicted molar refractivity (Wildman–Crippen MR) is 96.0 cm³/mol. The summed E-state index contributed by atoms with van der Waals surface area (Å²) < 4.78 is 11.1. The van der Waals surface area contributed by atoms with Crippen molar-refractivity contribution < 1.29 is 14.3 Å². The molecule has 5 heteroatoms. The number of ether oxygens (including phenoxy) is 2. The Morgan fingerprint density at radius 3 is 2.38 bits per heavy atom. The summed E-state index contributed by atoms with van der Waals surface area (Å²) in [6, 6.07) is 6.19. The maximum absolute atomic E-state index is 12.5. The van der Waals surface area contributed by atoms with Crippen LogP contribution in [0.25, 0.3) is 0 Å². The third-order valence-corrected chi connectivity index (χ3v) is 4.40. The standard InChI is InChI=1S/C19H30N2O3/c1-5-23-17-8-7-15(13-18(17)24-6-2)19(22)20-16-9-11-21(12-10-16)14(3)4/h7-8,13-14,16H,5-6,9-12H2,1-4H3,(H,20,22). The Bertz CT molecular complexity index is 537. The second-order valence-electron chi connectivity index (χ2n) is 6.40. The molecule has 1 heterocycles. The Balaban J connectivity index is 1.98. The molecule has 1 N–H and O–H groups in total. The van der Waals surface area contributed by atoms with Crippen LogP contribution in [0.15, 0.2) is 18.2 Å². The van der Waals surface area contributed by atoms with E-state index in [4.69, 9.17) is 9.47 Å². The molecule has 0 saturated carbocycles. The highest BCUT2D eigenvalue weighted by molar-refractivity contribution is 5.95. The van der Waals surface area contributed by atoms with Crippen molar-refractivity contribution in [1.82, 2.24) is 10.2 Å². The normalized spacial score (nSPS) is 16.2. The van der Waals surface area contributed by atoms with Gasteiger partial charge in [-0.2, -0.15) is 0 Å². The quantitative estimate of drug-likeness (QED) is 0.832. The van der Waals surface area contributed by atoms with Gasteiger partial charge in [0.25, 0.3) is 5.91 Å². The molecular weight excluding hydrogens is 304 g/mol. The van der Waals surface area contributed by atoms with E-state index < -0.39 is 0 Å². The summed E-state index contributed by atoms with van der Waals surface area (Å²) in [4.78, 5) is 15.0. The minimum Gasteiger partial charge on any atom is -0.490 e. The van der Waals surface area contributed by atoms with E-state index in [0.717, 1.165) is 25.9 Å². The van der Waals surface area contributed by atoms with Crippen LogP contribution in [0, 0.1) is 0 Å². The van der Waals surface area contributed by atoms with Crippen LogP contribution in [0.2, 0.25) is 0 Å². The number of piperidine rings is 1. The van der Waals surface area contributed by atoms with Crippen LogP contribution in [0.4, 0.5) is 0 Å². The lowest BCUT2D eigenvalue weighted by Gasteiger charge is -2.34. The molecular formula is C19H30N2O3. The maximum atomic E-state index is 12.5. The van der Waals surface area contributed by atoms with Crippen molar-refractivity contribution in [2.24, 2.45) is 0 Å². The molecule has 24 heavy (non-hydrogen) atoms. The molecule has 0 aromatic heterocycles. The highest BCUT2D eigenvalue weighted by Gasteiger charge is 2.22. The van der Waals surface area contributed by atoms with E-state index in [1.54, 1.807) is 12.1 Å². The van der Waals surface area contributed by atoms with E-state index in [1.807, 2.05) is 19.9 Å². The molecule has 0 unspecified atom stereocenters. The van der Waals surface area contributed by atoms with Crippen molar-refractivity contribution in [3.05, 3.63) is 23.8 Å². The van der Waals surface area contributed by atoms with Gasteiger partial charge in [0.1, 0.15) is 0 Å². The topological polar surface area (TPSA) is 50.8 Å². The first-order chi connectivity index (χ1) is 11.5. The number of benzene rings is 1. The van der Waals surface area contributed by atoms with E-state index >= 15 is 0 Å². The summed E-state index contributed by atoms with van der Waals surface area (Å²) in [5.41, 5.74) is 0.619. The van der Waals surface area contributed by atoms with Crippen LogP contribution in [0.5, 0.6) is 11.5 Å². The van der Waals surface area contributed by atoms with Gasteiger partial charge < -0.3 is 19.7 Å². The summed E-state index contributed by atoms with van der Waals surface area (Å²) in [5.74, 6) is 1.27. The van der Waals surface area contributed by atoms with Crippen LogP contribution >= 0.6 is 0 Å². The number of carbonyl (C=O) groups excluding carboxylic acids is 1. The molecule has 0 spiro atoms. The highest BCUT2D eigenvalue weighted by Crippen LogP contribution is 2.28. The number of hydrogen-bond donors (Lipinski definition) is 1. The van der Waals surface area contributed by atoms with Gasteiger partial charge in [-0.15, -0.1) is 0 Å². The van der Waals surface area contributed by atoms with E-state index in [0.29, 0.717) is 36.3 Å². The SMILES string of the molecule is CCOc1ccc(C(=O)NC2CCN(C(C)C)CC2)cc1OCC. The summed E-state index contributed by atoms with van der Waals surface area (Å²) in [6.07, 6.45) is 2.00. The monoisotopic (exact) mass is 334 g/mol. The van der Waals surface area contributed by atoms with Gasteiger partial charge >= 0.3 is 0 Å². The van der Waals surface area contributed by atoms with Crippen LogP contribution in [0.1, 0.15) is 50.9 Å². The van der Waals surface area contributed by atoms with Gasteiger partial charge in [0.2, 0.25) is 0 Å². The van der Waals surface area contributed by atoms with E-state index in [-0.39, 0.29) is 11.9 Å². The molecule has 1 saturated heterocycles. The molecule has 1 aliphatic heterocycles. The third-order valence-electron chi connectivity index (χ3n) is 4.40. The van der Waals surface area contributed by atoms with Crippen LogP contribution < -0.4 is 14.8 Å². The number of rotatable bonds is 7. The number of amides is 1. The molecule has 0 aliphatic carbocycles. The van der Waals surface area contributed by atoms with Gasteiger partial charge in [0.15, 0.2) is 11.5 Å². The first kappa shape index (κ1) is 18.6. The van der Waals surface area contributed by atoms with E-state index in [1.165, 1.54) is 0 Å². The van der Waals surface area contributed by atoms with Gasteiger partial charge in [0, 0.05) is 30.7 Å². The number of nitrogens with one attached hydrogen (secondary N) is 1. The zero-order chi connectivity index (χ0) is 17.5. The largest absolute Gasteiger partial charge is 0.490 e. The predicted octanol–water partition coefficient (Wildman–Crippen LogP) is 3.09. The lowest BCUT2D eigenvalue weighted by Crippen LogP contribution is -2.46. The maximum Gasteiger partial charge on any atom is 0.251 e. The van der Waals surface area contributed by atoms with Crippen molar-refractivity contribution in [3.63, 3.8) is 0 Å². The van der Waals surface area contributed by atoms with Crippen LogP contribution in [-0.2, 0) is 0 Å². The number of likely N-dealkylation sites (tertiary alicyclic amines) is 1. The van der Waals surface area contributed by atoms with Gasteiger partial charge in [0.05, 0.1) is 13.2 Å². The Labute approximate surface area is 145 Å². The molecule has 0 bridgehead atoms. The average molecular weight is 334 g/mol. The molecule has 1 aromatic rings. The van der Waals surface area contributed by atoms with Crippen molar-refractivity contribution in [3.8, 4) is 11.5 Å². The smallest absolute Gasteiger partial charge is 0.251 e. The Morgan fingerprint density at radius 2 is 1.79 bits per heavy atom. The highest BCUT2D eigenvalue weighted by atomic mass is 16.5. The van der Waals surface area contributed by atoms with Crippen molar-refractivity contribution in [1.29, 1.82) is 0 Å². The molecule has 2 rings (SSSR count). The Hall–Kier alpha value is -1.75.